The van der Waals surface area contributed by atoms with Crippen molar-refractivity contribution in [3.8, 4) is 5.75 Å². The van der Waals surface area contributed by atoms with Crippen LogP contribution < -0.4 is 15.8 Å². The number of hydrogen-bond acceptors (Lipinski definition) is 4. The number of ether oxygens (including phenoxy) is 2. The molecule has 5 nitrogen and oxygen atoms in total. The highest BCUT2D eigenvalue weighted by Crippen LogP contribution is 2.22. The summed E-state index contributed by atoms with van der Waals surface area (Å²) in [6.45, 7) is 8.59. The molecule has 0 atom stereocenters. The van der Waals surface area contributed by atoms with Crippen molar-refractivity contribution in [1.29, 1.82) is 0 Å². The van der Waals surface area contributed by atoms with Crippen molar-refractivity contribution >= 4 is 11.8 Å². The van der Waals surface area contributed by atoms with Gasteiger partial charge in [-0.1, -0.05) is 0 Å². The molecule has 3 N–H and O–H groups in total. The first-order valence-corrected chi connectivity index (χ1v) is 6.75. The third kappa shape index (κ3) is 5.93. The molecular formula is C15H24N2O3. The lowest BCUT2D eigenvalue weighted by Gasteiger charge is -2.20. The Morgan fingerprint density at radius 1 is 1.35 bits per heavy atom. The molecule has 0 saturated heterocycles. The Kier molecular flexibility index (Phi) is 5.82. The Bertz CT molecular complexity index is 453. The van der Waals surface area contributed by atoms with E-state index in [9.17, 15) is 4.79 Å². The maximum Gasteiger partial charge on any atom is 0.412 e. The molecule has 0 heterocycles. The Balaban J connectivity index is 2.61. The van der Waals surface area contributed by atoms with Gasteiger partial charge in [0.25, 0.3) is 0 Å². The summed E-state index contributed by atoms with van der Waals surface area (Å²) in [5.74, 6) is 0.769. The number of amides is 1. The van der Waals surface area contributed by atoms with Crippen molar-refractivity contribution in [3.05, 3.63) is 23.8 Å². The molecule has 0 radical (unpaired) electrons. The van der Waals surface area contributed by atoms with Crippen LogP contribution in [0.15, 0.2) is 18.2 Å². The lowest BCUT2D eigenvalue weighted by molar-refractivity contribution is 0.0636. The Morgan fingerprint density at radius 3 is 2.60 bits per heavy atom. The fraction of sp³-hybridized carbons (Fsp3) is 0.533. The van der Waals surface area contributed by atoms with E-state index >= 15 is 0 Å². The smallest absolute Gasteiger partial charge is 0.412 e. The highest BCUT2D eigenvalue weighted by Gasteiger charge is 2.16. The summed E-state index contributed by atoms with van der Waals surface area (Å²) in [7, 11) is 0. The van der Waals surface area contributed by atoms with E-state index in [2.05, 4.69) is 5.32 Å². The minimum atomic E-state index is -0.511. The van der Waals surface area contributed by atoms with Gasteiger partial charge in [0, 0.05) is 5.69 Å². The van der Waals surface area contributed by atoms with Crippen molar-refractivity contribution < 1.29 is 14.3 Å². The zero-order chi connectivity index (χ0) is 15.2. The largest absolute Gasteiger partial charge is 0.494 e. The maximum atomic E-state index is 11.7. The molecule has 1 amide bonds. The third-order valence-corrected chi connectivity index (χ3v) is 2.45. The van der Waals surface area contributed by atoms with Crippen LogP contribution in [-0.4, -0.2) is 24.8 Å². The lowest BCUT2D eigenvalue weighted by Crippen LogP contribution is -2.27. The summed E-state index contributed by atoms with van der Waals surface area (Å²) >= 11 is 0. The van der Waals surface area contributed by atoms with Crippen LogP contribution in [0.3, 0.4) is 0 Å². The molecule has 0 aliphatic heterocycles. The van der Waals surface area contributed by atoms with Gasteiger partial charge in [-0.15, -0.1) is 0 Å². The van der Waals surface area contributed by atoms with Gasteiger partial charge in [0.15, 0.2) is 0 Å². The molecule has 0 aliphatic carbocycles. The number of hydrogen-bond donors (Lipinski definition) is 2. The third-order valence-electron chi connectivity index (χ3n) is 2.45. The molecule has 0 aromatic heterocycles. The average Bonchev–Trinajstić information content (AvgIpc) is 2.30. The predicted octanol–water partition coefficient (Wildman–Crippen LogP) is 3.07. The molecule has 0 fully saturated rings. The quantitative estimate of drug-likeness (QED) is 0.813. The summed E-state index contributed by atoms with van der Waals surface area (Å²) in [5.41, 5.74) is 6.53. The number of carbonyl (C=O) groups is 1. The molecule has 0 spiro atoms. The fourth-order valence-corrected chi connectivity index (χ4v) is 1.55. The molecule has 0 unspecified atom stereocenters. The van der Waals surface area contributed by atoms with Gasteiger partial charge < -0.3 is 15.2 Å². The van der Waals surface area contributed by atoms with Crippen LogP contribution in [0.5, 0.6) is 5.75 Å². The number of benzene rings is 1. The first-order valence-electron chi connectivity index (χ1n) is 6.75. The van der Waals surface area contributed by atoms with Crippen molar-refractivity contribution in [3.63, 3.8) is 0 Å². The molecule has 0 bridgehead atoms. The monoisotopic (exact) mass is 280 g/mol. The Hall–Kier alpha value is -1.75. The van der Waals surface area contributed by atoms with Crippen LogP contribution >= 0.6 is 0 Å². The van der Waals surface area contributed by atoms with E-state index in [1.165, 1.54) is 0 Å². The zero-order valence-corrected chi connectivity index (χ0v) is 12.7. The molecule has 20 heavy (non-hydrogen) atoms. The minimum absolute atomic E-state index is 0.461. The molecular weight excluding hydrogens is 256 g/mol. The zero-order valence-electron chi connectivity index (χ0n) is 12.7. The first kappa shape index (κ1) is 16.3. The molecule has 1 aromatic rings. The van der Waals surface area contributed by atoms with Gasteiger partial charge >= 0.3 is 6.09 Å². The van der Waals surface area contributed by atoms with Gasteiger partial charge in [0.1, 0.15) is 11.4 Å². The number of nitrogens with two attached hydrogens (primary N) is 1. The second kappa shape index (κ2) is 7.14. The SMILES string of the molecule is Cc1cc(OCCCN)ccc1NC(=O)OC(C)(C)C. The van der Waals surface area contributed by atoms with Crippen LogP contribution in [0.1, 0.15) is 32.8 Å². The first-order chi connectivity index (χ1) is 9.31. The van der Waals surface area contributed by atoms with Gasteiger partial charge in [-0.25, -0.2) is 4.79 Å². The van der Waals surface area contributed by atoms with Gasteiger partial charge in [-0.05, 0) is 64.4 Å². The van der Waals surface area contributed by atoms with Crippen LogP contribution in [0.4, 0.5) is 10.5 Å². The van der Waals surface area contributed by atoms with Gasteiger partial charge in [0.2, 0.25) is 0 Å². The van der Waals surface area contributed by atoms with Crippen LogP contribution in [0.25, 0.3) is 0 Å². The number of rotatable bonds is 5. The molecule has 5 heteroatoms. The van der Waals surface area contributed by atoms with E-state index in [1.54, 1.807) is 6.07 Å². The van der Waals surface area contributed by atoms with E-state index in [4.69, 9.17) is 15.2 Å². The standard InChI is InChI=1S/C15H24N2O3/c1-11-10-12(19-9-5-8-16)6-7-13(11)17-14(18)20-15(2,3)4/h6-7,10H,5,8-9,16H2,1-4H3,(H,17,18). The normalized spacial score (nSPS) is 11.1. The molecule has 0 saturated carbocycles. The Labute approximate surface area is 120 Å². The molecule has 112 valence electrons. The number of nitrogens with one attached hydrogen (secondary N) is 1. The maximum absolute atomic E-state index is 11.7. The van der Waals surface area contributed by atoms with Crippen molar-refractivity contribution in [1.82, 2.24) is 0 Å². The van der Waals surface area contributed by atoms with Crippen molar-refractivity contribution in [2.24, 2.45) is 5.73 Å². The minimum Gasteiger partial charge on any atom is -0.494 e. The second-order valence-corrected chi connectivity index (χ2v) is 5.59. The van der Waals surface area contributed by atoms with E-state index < -0.39 is 11.7 Å². The lowest BCUT2D eigenvalue weighted by atomic mass is 10.2. The number of anilines is 1. The van der Waals surface area contributed by atoms with Crippen LogP contribution in [-0.2, 0) is 4.74 Å². The Morgan fingerprint density at radius 2 is 2.05 bits per heavy atom. The average molecular weight is 280 g/mol. The molecule has 1 aromatic carbocycles. The van der Waals surface area contributed by atoms with Crippen LogP contribution in [0.2, 0.25) is 0 Å². The summed E-state index contributed by atoms with van der Waals surface area (Å²) in [5, 5.41) is 2.72. The highest BCUT2D eigenvalue weighted by molar-refractivity contribution is 5.86. The van der Waals surface area contributed by atoms with Gasteiger partial charge in [-0.2, -0.15) is 0 Å². The predicted molar refractivity (Wildman–Crippen MR) is 80.2 cm³/mol. The van der Waals surface area contributed by atoms with Crippen molar-refractivity contribution in [2.45, 2.75) is 39.7 Å². The summed E-state index contributed by atoms with van der Waals surface area (Å²) in [6, 6.07) is 5.50. The highest BCUT2D eigenvalue weighted by atomic mass is 16.6. The van der Waals surface area contributed by atoms with E-state index in [0.29, 0.717) is 18.8 Å². The van der Waals surface area contributed by atoms with Gasteiger partial charge in [-0.3, -0.25) is 5.32 Å². The van der Waals surface area contributed by atoms with E-state index in [-0.39, 0.29) is 0 Å². The van der Waals surface area contributed by atoms with Crippen molar-refractivity contribution in [2.75, 3.05) is 18.5 Å². The van der Waals surface area contributed by atoms with E-state index in [0.717, 1.165) is 17.7 Å². The number of aryl methyl sites for hydroxylation is 1. The summed E-state index contributed by atoms with van der Waals surface area (Å²) < 4.78 is 10.8. The second-order valence-electron chi connectivity index (χ2n) is 5.59. The number of carbonyl (C=O) groups excluding carboxylic acids is 1. The fourth-order valence-electron chi connectivity index (χ4n) is 1.55. The summed E-state index contributed by atoms with van der Waals surface area (Å²) in [4.78, 5) is 11.7. The van der Waals surface area contributed by atoms with E-state index in [1.807, 2.05) is 39.8 Å². The topological polar surface area (TPSA) is 73.6 Å². The van der Waals surface area contributed by atoms with Crippen LogP contribution in [0, 0.1) is 6.92 Å². The molecule has 1 rings (SSSR count). The van der Waals surface area contributed by atoms with Gasteiger partial charge in [0.05, 0.1) is 6.61 Å². The summed E-state index contributed by atoms with van der Waals surface area (Å²) in [6.07, 6.45) is 0.356. The molecule has 0 aliphatic rings.